The highest BCUT2D eigenvalue weighted by Crippen LogP contribution is 2.34. The third-order valence-corrected chi connectivity index (χ3v) is 6.51. The first-order chi connectivity index (χ1) is 13.3. The lowest BCUT2D eigenvalue weighted by molar-refractivity contribution is 0.120. The average Bonchev–Trinajstić information content (AvgIpc) is 3.30. The van der Waals surface area contributed by atoms with Crippen LogP contribution in [-0.2, 0) is 13.2 Å². The van der Waals surface area contributed by atoms with E-state index in [0.717, 1.165) is 35.3 Å². The van der Waals surface area contributed by atoms with Crippen molar-refractivity contribution in [3.8, 4) is 11.4 Å². The Bertz CT molecular complexity index is 819. The van der Waals surface area contributed by atoms with Crippen LogP contribution in [0.3, 0.4) is 0 Å². The number of likely N-dealkylation sites (tertiary alicyclic amines) is 1. The maximum atomic E-state index is 5.78. The summed E-state index contributed by atoms with van der Waals surface area (Å²) in [5.74, 6) is 1.73. The van der Waals surface area contributed by atoms with Gasteiger partial charge in [0.15, 0.2) is 10.6 Å². The molecular weight excluding hydrogens is 354 g/mol. The Morgan fingerprint density at radius 2 is 2.04 bits per heavy atom. The SMILES string of the molecule is C=CCn1c(-c2cccnc2)nn(CN2CCCC2C2CCCCC2)c1=S. The molecular formula is C21H29N5S. The second-order valence-electron chi connectivity index (χ2n) is 7.81. The van der Waals surface area contributed by atoms with E-state index in [-0.39, 0.29) is 0 Å². The molecule has 6 heteroatoms. The number of rotatable bonds is 6. The number of hydrogen-bond acceptors (Lipinski definition) is 4. The Hall–Kier alpha value is -1.79. The predicted molar refractivity (Wildman–Crippen MR) is 111 cm³/mol. The lowest BCUT2D eigenvalue weighted by Crippen LogP contribution is -2.38. The minimum Gasteiger partial charge on any atom is -0.296 e. The van der Waals surface area contributed by atoms with E-state index in [1.807, 2.05) is 29.1 Å². The van der Waals surface area contributed by atoms with Gasteiger partial charge in [-0.2, -0.15) is 5.10 Å². The zero-order chi connectivity index (χ0) is 18.6. The monoisotopic (exact) mass is 383 g/mol. The van der Waals surface area contributed by atoms with Crippen LogP contribution in [0.2, 0.25) is 0 Å². The predicted octanol–water partition coefficient (Wildman–Crippen LogP) is 4.66. The van der Waals surface area contributed by atoms with Crippen molar-refractivity contribution in [1.82, 2.24) is 24.2 Å². The van der Waals surface area contributed by atoms with Crippen LogP contribution in [0.5, 0.6) is 0 Å². The number of nitrogens with zero attached hydrogens (tertiary/aromatic N) is 5. The van der Waals surface area contributed by atoms with E-state index in [9.17, 15) is 0 Å². The van der Waals surface area contributed by atoms with Gasteiger partial charge in [-0.15, -0.1) is 6.58 Å². The summed E-state index contributed by atoms with van der Waals surface area (Å²) in [7, 11) is 0. The molecule has 1 unspecified atom stereocenters. The van der Waals surface area contributed by atoms with Gasteiger partial charge >= 0.3 is 0 Å². The van der Waals surface area contributed by atoms with Crippen LogP contribution in [0.4, 0.5) is 0 Å². The van der Waals surface area contributed by atoms with Gasteiger partial charge in [-0.3, -0.25) is 14.5 Å². The van der Waals surface area contributed by atoms with E-state index in [4.69, 9.17) is 17.3 Å². The summed E-state index contributed by atoms with van der Waals surface area (Å²) in [5, 5.41) is 4.89. The quantitative estimate of drug-likeness (QED) is 0.537. The molecule has 0 bridgehead atoms. The van der Waals surface area contributed by atoms with E-state index < -0.39 is 0 Å². The molecule has 2 aromatic heterocycles. The summed E-state index contributed by atoms with van der Waals surface area (Å²) in [5.41, 5.74) is 0.995. The van der Waals surface area contributed by atoms with Crippen LogP contribution >= 0.6 is 12.2 Å². The van der Waals surface area contributed by atoms with Gasteiger partial charge in [-0.25, -0.2) is 4.68 Å². The first-order valence-electron chi connectivity index (χ1n) is 10.2. The van der Waals surface area contributed by atoms with Crippen molar-refractivity contribution in [2.75, 3.05) is 6.54 Å². The first kappa shape index (κ1) is 18.6. The minimum atomic E-state index is 0.662. The van der Waals surface area contributed by atoms with Crippen LogP contribution in [0.25, 0.3) is 11.4 Å². The summed E-state index contributed by atoms with van der Waals surface area (Å²) < 4.78 is 4.83. The van der Waals surface area contributed by atoms with Crippen molar-refractivity contribution in [3.05, 3.63) is 42.0 Å². The fourth-order valence-corrected chi connectivity index (χ4v) is 5.05. The first-order valence-corrected chi connectivity index (χ1v) is 10.6. The van der Waals surface area contributed by atoms with Crippen LogP contribution < -0.4 is 0 Å². The highest BCUT2D eigenvalue weighted by atomic mass is 32.1. The standard InChI is InChI=1S/C21H29N5S/c1-2-13-25-20(18-10-6-12-22-15-18)23-26(21(25)27)16-24-14-7-11-19(24)17-8-4-3-5-9-17/h2,6,10,12,15,17,19H,1,3-5,7-9,11,13-14,16H2. The van der Waals surface area contributed by atoms with Gasteiger partial charge in [0.1, 0.15) is 0 Å². The average molecular weight is 384 g/mol. The molecule has 0 radical (unpaired) electrons. The molecule has 0 amide bonds. The van der Waals surface area contributed by atoms with E-state index in [2.05, 4.69) is 21.0 Å². The molecule has 0 spiro atoms. The summed E-state index contributed by atoms with van der Waals surface area (Å²) in [6.45, 7) is 6.49. The number of aromatic nitrogens is 4. The highest BCUT2D eigenvalue weighted by molar-refractivity contribution is 7.71. The highest BCUT2D eigenvalue weighted by Gasteiger charge is 2.32. The molecule has 27 heavy (non-hydrogen) atoms. The number of allylic oxidation sites excluding steroid dienone is 1. The van der Waals surface area contributed by atoms with E-state index in [1.54, 1.807) is 6.20 Å². The smallest absolute Gasteiger partial charge is 0.199 e. The van der Waals surface area contributed by atoms with Gasteiger partial charge in [0.2, 0.25) is 0 Å². The van der Waals surface area contributed by atoms with Crippen molar-refractivity contribution >= 4 is 12.2 Å². The molecule has 2 fully saturated rings. The number of pyridine rings is 1. The lowest BCUT2D eigenvalue weighted by Gasteiger charge is -2.33. The third-order valence-electron chi connectivity index (χ3n) is 6.08. The molecule has 0 N–H and O–H groups in total. The molecule has 0 aromatic carbocycles. The lowest BCUT2D eigenvalue weighted by atomic mass is 9.83. The molecule has 2 aliphatic rings. The summed E-state index contributed by atoms with van der Waals surface area (Å²) in [6, 6.07) is 4.67. The Labute approximate surface area is 166 Å². The second kappa shape index (κ2) is 8.48. The molecule has 3 heterocycles. The maximum absolute atomic E-state index is 5.78. The maximum Gasteiger partial charge on any atom is 0.199 e. The van der Waals surface area contributed by atoms with Crippen molar-refractivity contribution in [2.24, 2.45) is 5.92 Å². The fraction of sp³-hybridized carbons (Fsp3) is 0.571. The molecule has 1 atom stereocenters. The van der Waals surface area contributed by atoms with Crippen molar-refractivity contribution in [2.45, 2.75) is 64.2 Å². The third kappa shape index (κ3) is 3.92. The normalized spacial score (nSPS) is 21.6. The zero-order valence-corrected chi connectivity index (χ0v) is 16.8. The van der Waals surface area contributed by atoms with Gasteiger partial charge in [-0.05, 0) is 56.0 Å². The Kier molecular flexibility index (Phi) is 5.83. The van der Waals surface area contributed by atoms with Gasteiger partial charge < -0.3 is 0 Å². The van der Waals surface area contributed by atoms with E-state index >= 15 is 0 Å². The van der Waals surface area contributed by atoms with Crippen LogP contribution in [0.15, 0.2) is 37.2 Å². The summed E-state index contributed by atoms with van der Waals surface area (Å²) >= 11 is 5.78. The van der Waals surface area contributed by atoms with Crippen LogP contribution in [0, 0.1) is 10.7 Å². The Morgan fingerprint density at radius 1 is 1.19 bits per heavy atom. The molecule has 5 nitrogen and oxygen atoms in total. The molecule has 1 saturated carbocycles. The zero-order valence-electron chi connectivity index (χ0n) is 16.0. The fourth-order valence-electron chi connectivity index (χ4n) is 4.79. The molecule has 1 aliphatic carbocycles. The number of hydrogen-bond donors (Lipinski definition) is 0. The molecule has 1 aliphatic heterocycles. The summed E-state index contributed by atoms with van der Waals surface area (Å²) in [6.07, 6.45) is 15.1. The van der Waals surface area contributed by atoms with E-state index in [1.165, 1.54) is 44.9 Å². The molecule has 144 valence electrons. The van der Waals surface area contributed by atoms with Gasteiger partial charge in [0.05, 0.1) is 6.67 Å². The summed E-state index contributed by atoms with van der Waals surface area (Å²) in [4.78, 5) is 6.86. The van der Waals surface area contributed by atoms with Crippen LogP contribution in [-0.4, -0.2) is 36.8 Å². The van der Waals surface area contributed by atoms with Gasteiger partial charge in [0, 0.05) is 37.1 Å². The topological polar surface area (TPSA) is 38.9 Å². The largest absolute Gasteiger partial charge is 0.296 e. The van der Waals surface area contributed by atoms with Crippen molar-refractivity contribution in [3.63, 3.8) is 0 Å². The minimum absolute atomic E-state index is 0.662. The van der Waals surface area contributed by atoms with Crippen LogP contribution in [0.1, 0.15) is 44.9 Å². The van der Waals surface area contributed by atoms with Gasteiger partial charge in [-0.1, -0.05) is 25.3 Å². The molecule has 1 saturated heterocycles. The molecule has 2 aromatic rings. The Balaban J connectivity index is 1.60. The van der Waals surface area contributed by atoms with Crippen molar-refractivity contribution < 1.29 is 0 Å². The molecule has 4 rings (SSSR count). The second-order valence-corrected chi connectivity index (χ2v) is 8.17. The van der Waals surface area contributed by atoms with E-state index in [0.29, 0.717) is 12.6 Å². The van der Waals surface area contributed by atoms with Gasteiger partial charge in [0.25, 0.3) is 0 Å². The Morgan fingerprint density at radius 3 is 2.78 bits per heavy atom. The van der Waals surface area contributed by atoms with Crippen molar-refractivity contribution in [1.29, 1.82) is 0 Å².